The fourth-order valence-corrected chi connectivity index (χ4v) is 5.03. The van der Waals surface area contributed by atoms with E-state index in [1.165, 1.54) is 26.4 Å². The van der Waals surface area contributed by atoms with Crippen LogP contribution in [0, 0.1) is 0 Å². The topological polar surface area (TPSA) is 86.2 Å². The van der Waals surface area contributed by atoms with Crippen LogP contribution in [-0.2, 0) is 0 Å². The van der Waals surface area contributed by atoms with E-state index in [2.05, 4.69) is 14.9 Å². The molecule has 3 aromatic rings. The number of piperidine rings is 1. The highest BCUT2D eigenvalue weighted by atomic mass is 16.5. The Bertz CT molecular complexity index is 1270. The van der Waals surface area contributed by atoms with E-state index in [9.17, 15) is 5.11 Å². The highest BCUT2D eigenvalue weighted by molar-refractivity contribution is 5.96. The first-order valence-corrected chi connectivity index (χ1v) is 12.7. The number of likely N-dealkylation sites (tertiary alicyclic amines) is 1. The molecule has 2 aliphatic heterocycles. The van der Waals surface area contributed by atoms with Crippen LogP contribution in [0.4, 0.5) is 0 Å². The zero-order valence-electron chi connectivity index (χ0n) is 21.6. The van der Waals surface area contributed by atoms with Gasteiger partial charge < -0.3 is 24.1 Å². The number of allylic oxidation sites excluding steroid dienone is 1. The summed E-state index contributed by atoms with van der Waals surface area (Å²) in [6.07, 6.45) is 5.11. The van der Waals surface area contributed by atoms with Crippen molar-refractivity contribution in [2.75, 3.05) is 40.5 Å². The molecular formula is C29H33N3O5. The molecule has 2 aromatic carbocycles. The first-order chi connectivity index (χ1) is 18.1. The first-order valence-electron chi connectivity index (χ1n) is 12.7. The molecule has 8 nitrogen and oxygen atoms in total. The number of phenolic OH excluding ortho intramolecular Hbond substituents is 1. The van der Waals surface area contributed by atoms with Crippen molar-refractivity contribution >= 4 is 11.1 Å². The van der Waals surface area contributed by atoms with Gasteiger partial charge in [0.25, 0.3) is 0 Å². The molecule has 1 fully saturated rings. The maximum absolute atomic E-state index is 10.1. The molecule has 3 heterocycles. The lowest BCUT2D eigenvalue weighted by Crippen LogP contribution is -2.33. The Morgan fingerprint density at radius 1 is 1.00 bits per heavy atom. The molecule has 1 atom stereocenters. The molecule has 37 heavy (non-hydrogen) atoms. The highest BCUT2D eigenvalue weighted by Gasteiger charge is 2.32. The minimum Gasteiger partial charge on any atom is -0.508 e. The number of hydrogen-bond acceptors (Lipinski definition) is 8. The summed E-state index contributed by atoms with van der Waals surface area (Å²) in [6, 6.07) is 13.3. The summed E-state index contributed by atoms with van der Waals surface area (Å²) >= 11 is 0. The van der Waals surface area contributed by atoms with Gasteiger partial charge in [0, 0.05) is 29.9 Å². The van der Waals surface area contributed by atoms with Gasteiger partial charge in [0.1, 0.15) is 30.0 Å². The lowest BCUT2D eigenvalue weighted by atomic mass is 9.87. The van der Waals surface area contributed by atoms with Gasteiger partial charge in [-0.2, -0.15) is 4.98 Å². The standard InChI is InChI=1S/C29H33N3O5/c1-19-23-12-9-21(33)17-25(23)37-27(26(19)24-18-30-29(35-3)31-28(24)34-2)20-7-10-22(11-8-20)36-16-15-32-13-5-4-6-14-32/h7-12,17-18,27,33H,4-6,13-16H2,1-3H3. The number of fused-ring (bicyclic) bond motifs is 1. The summed E-state index contributed by atoms with van der Waals surface area (Å²) in [4.78, 5) is 11.2. The maximum atomic E-state index is 10.1. The summed E-state index contributed by atoms with van der Waals surface area (Å²) in [5.74, 6) is 1.98. The zero-order valence-corrected chi connectivity index (χ0v) is 21.6. The molecule has 5 rings (SSSR count). The van der Waals surface area contributed by atoms with Gasteiger partial charge in [0.2, 0.25) is 5.88 Å². The van der Waals surface area contributed by atoms with Crippen molar-refractivity contribution in [2.24, 2.45) is 0 Å². The van der Waals surface area contributed by atoms with Gasteiger partial charge >= 0.3 is 6.01 Å². The summed E-state index contributed by atoms with van der Waals surface area (Å²) in [5, 5.41) is 10.1. The van der Waals surface area contributed by atoms with Gasteiger partial charge in [-0.15, -0.1) is 0 Å². The summed E-state index contributed by atoms with van der Waals surface area (Å²) in [5.41, 5.74) is 4.41. The van der Waals surface area contributed by atoms with Crippen LogP contribution in [0.15, 0.2) is 48.7 Å². The van der Waals surface area contributed by atoms with Gasteiger partial charge in [0.15, 0.2) is 0 Å². The molecule has 1 N–H and O–H groups in total. The average molecular weight is 504 g/mol. The fraction of sp³-hybridized carbons (Fsp3) is 0.379. The van der Waals surface area contributed by atoms with E-state index in [4.69, 9.17) is 18.9 Å². The molecule has 0 bridgehead atoms. The molecule has 194 valence electrons. The van der Waals surface area contributed by atoms with Crippen LogP contribution in [-0.4, -0.2) is 60.4 Å². The van der Waals surface area contributed by atoms with Crippen molar-refractivity contribution in [3.05, 3.63) is 65.4 Å². The molecular weight excluding hydrogens is 470 g/mol. The third-order valence-corrected chi connectivity index (χ3v) is 6.99. The van der Waals surface area contributed by atoms with Gasteiger partial charge in [-0.25, -0.2) is 4.98 Å². The molecule has 8 heteroatoms. The molecule has 0 spiro atoms. The van der Waals surface area contributed by atoms with Gasteiger partial charge in [-0.3, -0.25) is 4.90 Å². The fourth-order valence-electron chi connectivity index (χ4n) is 5.03. The summed E-state index contributed by atoms with van der Waals surface area (Å²) < 4.78 is 23.3. The van der Waals surface area contributed by atoms with Crippen LogP contribution >= 0.6 is 0 Å². The van der Waals surface area contributed by atoms with Crippen molar-refractivity contribution in [2.45, 2.75) is 32.3 Å². The van der Waals surface area contributed by atoms with Gasteiger partial charge in [-0.05, 0) is 68.3 Å². The highest BCUT2D eigenvalue weighted by Crippen LogP contribution is 2.49. The lowest BCUT2D eigenvalue weighted by Gasteiger charge is -2.31. The summed E-state index contributed by atoms with van der Waals surface area (Å²) in [7, 11) is 3.09. The van der Waals surface area contributed by atoms with E-state index < -0.39 is 6.10 Å². The van der Waals surface area contributed by atoms with Crippen molar-refractivity contribution in [3.63, 3.8) is 0 Å². The quantitative estimate of drug-likeness (QED) is 0.453. The summed E-state index contributed by atoms with van der Waals surface area (Å²) in [6.45, 7) is 5.95. The van der Waals surface area contributed by atoms with Crippen LogP contribution in [0.2, 0.25) is 0 Å². The number of aromatic hydroxyl groups is 1. The minimum atomic E-state index is -0.470. The SMILES string of the molecule is COc1ncc(C2=C(C)c3ccc(O)cc3OC2c2ccc(OCCN3CCCCC3)cc2)c(OC)n1. The Labute approximate surface area is 217 Å². The third-order valence-electron chi connectivity index (χ3n) is 6.99. The van der Waals surface area contributed by atoms with E-state index in [-0.39, 0.29) is 11.8 Å². The second-order valence-corrected chi connectivity index (χ2v) is 9.32. The largest absolute Gasteiger partial charge is 0.508 e. The monoisotopic (exact) mass is 503 g/mol. The molecule has 0 aliphatic carbocycles. The van der Waals surface area contributed by atoms with Crippen LogP contribution in [0.5, 0.6) is 29.1 Å². The second kappa shape index (κ2) is 11.1. The van der Waals surface area contributed by atoms with Gasteiger partial charge in [-0.1, -0.05) is 18.6 Å². The van der Waals surface area contributed by atoms with Crippen molar-refractivity contribution in [3.8, 4) is 29.1 Å². The van der Waals surface area contributed by atoms with Crippen LogP contribution in [0.3, 0.4) is 0 Å². The Kier molecular flexibility index (Phi) is 7.46. The predicted molar refractivity (Wildman–Crippen MR) is 141 cm³/mol. The van der Waals surface area contributed by atoms with Crippen molar-refractivity contribution in [1.82, 2.24) is 14.9 Å². The molecule has 1 saturated heterocycles. The number of benzene rings is 2. The van der Waals surface area contributed by atoms with E-state index in [0.717, 1.165) is 47.7 Å². The maximum Gasteiger partial charge on any atom is 0.319 e. The Morgan fingerprint density at radius 3 is 2.51 bits per heavy atom. The van der Waals surface area contributed by atoms with E-state index in [0.29, 0.717) is 23.8 Å². The van der Waals surface area contributed by atoms with Crippen molar-refractivity contribution < 1.29 is 24.1 Å². The number of aromatic nitrogens is 2. The van der Waals surface area contributed by atoms with Crippen LogP contribution in [0.25, 0.3) is 11.1 Å². The lowest BCUT2D eigenvalue weighted by molar-refractivity contribution is 0.183. The molecule has 1 unspecified atom stereocenters. The predicted octanol–water partition coefficient (Wildman–Crippen LogP) is 5.13. The number of hydrogen-bond donors (Lipinski definition) is 1. The number of nitrogens with zero attached hydrogens (tertiary/aromatic N) is 3. The Balaban J connectivity index is 1.45. The van der Waals surface area contributed by atoms with Crippen LogP contribution in [0.1, 0.15) is 49.0 Å². The molecule has 1 aromatic heterocycles. The zero-order chi connectivity index (χ0) is 25.8. The van der Waals surface area contributed by atoms with Gasteiger partial charge in [0.05, 0.1) is 19.8 Å². The average Bonchev–Trinajstić information content (AvgIpc) is 2.93. The van der Waals surface area contributed by atoms with E-state index >= 15 is 0 Å². The molecule has 2 aliphatic rings. The molecule has 0 saturated carbocycles. The molecule has 0 amide bonds. The van der Waals surface area contributed by atoms with Crippen molar-refractivity contribution in [1.29, 1.82) is 0 Å². The Morgan fingerprint density at radius 2 is 1.78 bits per heavy atom. The first kappa shape index (κ1) is 24.9. The van der Waals surface area contributed by atoms with E-state index in [1.807, 2.05) is 37.3 Å². The number of methoxy groups -OCH3 is 2. The second-order valence-electron chi connectivity index (χ2n) is 9.32. The number of rotatable bonds is 8. The smallest absolute Gasteiger partial charge is 0.319 e. The molecule has 0 radical (unpaired) electrons. The number of phenols is 1. The number of ether oxygens (including phenoxy) is 4. The minimum absolute atomic E-state index is 0.150. The van der Waals surface area contributed by atoms with E-state index in [1.54, 1.807) is 25.4 Å². The third kappa shape index (κ3) is 5.34. The van der Waals surface area contributed by atoms with Crippen LogP contribution < -0.4 is 18.9 Å². The Hall–Kier alpha value is -3.78. The normalized spacial score (nSPS) is 17.6.